The standard InChI is InChI=1S/C13H15Cl2N2/c14-12-4-3-11(10-13(12)15)2-1-7-17-8-5-16-6-9-17/h1-4,10H,5-9H2/b2-1+. The van der Waals surface area contributed by atoms with E-state index in [1.165, 1.54) is 0 Å². The van der Waals surface area contributed by atoms with Crippen LogP contribution in [0.5, 0.6) is 0 Å². The number of hydrogen-bond acceptors (Lipinski definition) is 1. The van der Waals surface area contributed by atoms with Crippen molar-refractivity contribution in [1.29, 1.82) is 0 Å². The Bertz CT molecular complexity index is 398. The Balaban J connectivity index is 1.88. The van der Waals surface area contributed by atoms with E-state index in [4.69, 9.17) is 23.2 Å². The highest BCUT2D eigenvalue weighted by atomic mass is 35.5. The van der Waals surface area contributed by atoms with E-state index in [-0.39, 0.29) is 0 Å². The Morgan fingerprint density at radius 3 is 2.65 bits per heavy atom. The molecule has 1 aromatic rings. The number of rotatable bonds is 3. The lowest BCUT2D eigenvalue weighted by Gasteiger charge is -2.24. The van der Waals surface area contributed by atoms with Crippen LogP contribution in [0.2, 0.25) is 10.0 Å². The average Bonchev–Trinajstić information content (AvgIpc) is 2.35. The second kappa shape index (κ2) is 6.41. The Labute approximate surface area is 112 Å². The SMILES string of the molecule is Clc1ccc(/C=C/CN2CC[N]CC2)cc1Cl. The summed E-state index contributed by atoms with van der Waals surface area (Å²) in [5.74, 6) is 0. The van der Waals surface area contributed by atoms with Crippen molar-refractivity contribution in [2.45, 2.75) is 0 Å². The maximum atomic E-state index is 5.95. The second-order valence-electron chi connectivity index (χ2n) is 4.05. The molecular weight excluding hydrogens is 255 g/mol. The van der Waals surface area contributed by atoms with Crippen molar-refractivity contribution in [3.05, 3.63) is 39.9 Å². The van der Waals surface area contributed by atoms with Gasteiger partial charge in [-0.1, -0.05) is 41.4 Å². The smallest absolute Gasteiger partial charge is 0.0598 e. The van der Waals surface area contributed by atoms with Gasteiger partial charge in [0.2, 0.25) is 0 Å². The van der Waals surface area contributed by atoms with E-state index < -0.39 is 0 Å². The van der Waals surface area contributed by atoms with E-state index >= 15 is 0 Å². The topological polar surface area (TPSA) is 17.3 Å². The lowest BCUT2D eigenvalue weighted by molar-refractivity contribution is 0.262. The molecule has 4 heteroatoms. The molecule has 1 aromatic carbocycles. The first-order valence-corrected chi connectivity index (χ1v) is 6.48. The van der Waals surface area contributed by atoms with Gasteiger partial charge in [0.25, 0.3) is 0 Å². The summed E-state index contributed by atoms with van der Waals surface area (Å²) in [6.45, 7) is 5.01. The van der Waals surface area contributed by atoms with Crippen LogP contribution in [0.15, 0.2) is 24.3 Å². The third-order valence-electron chi connectivity index (χ3n) is 2.77. The van der Waals surface area contributed by atoms with Gasteiger partial charge in [-0.05, 0) is 17.7 Å². The summed E-state index contributed by atoms with van der Waals surface area (Å²) in [5, 5.41) is 5.52. The van der Waals surface area contributed by atoms with Crippen LogP contribution >= 0.6 is 23.2 Å². The largest absolute Gasteiger partial charge is 0.297 e. The zero-order valence-electron chi connectivity index (χ0n) is 9.57. The van der Waals surface area contributed by atoms with Crippen LogP contribution in [-0.2, 0) is 0 Å². The van der Waals surface area contributed by atoms with Crippen molar-refractivity contribution in [3.8, 4) is 0 Å². The van der Waals surface area contributed by atoms with Gasteiger partial charge in [-0.15, -0.1) is 0 Å². The predicted octanol–water partition coefficient (Wildman–Crippen LogP) is 2.93. The van der Waals surface area contributed by atoms with Crippen LogP contribution in [0.3, 0.4) is 0 Å². The van der Waals surface area contributed by atoms with Crippen molar-refractivity contribution in [2.75, 3.05) is 32.7 Å². The molecule has 0 aromatic heterocycles. The zero-order valence-corrected chi connectivity index (χ0v) is 11.1. The molecule has 1 radical (unpaired) electrons. The summed E-state index contributed by atoms with van der Waals surface area (Å²) in [4.78, 5) is 2.39. The van der Waals surface area contributed by atoms with E-state index in [2.05, 4.69) is 22.4 Å². The molecule has 1 saturated heterocycles. The highest BCUT2D eigenvalue weighted by Gasteiger charge is 2.07. The third kappa shape index (κ3) is 4.00. The average molecular weight is 270 g/mol. The van der Waals surface area contributed by atoms with Crippen molar-refractivity contribution < 1.29 is 0 Å². The summed E-state index contributed by atoms with van der Waals surface area (Å²) in [7, 11) is 0. The van der Waals surface area contributed by atoms with E-state index in [0.29, 0.717) is 10.0 Å². The minimum Gasteiger partial charge on any atom is -0.297 e. The maximum Gasteiger partial charge on any atom is 0.0598 e. The zero-order chi connectivity index (χ0) is 12.1. The molecule has 91 valence electrons. The number of hydrogen-bond donors (Lipinski definition) is 0. The first-order chi connectivity index (χ1) is 8.25. The summed E-state index contributed by atoms with van der Waals surface area (Å²) in [6, 6.07) is 5.67. The summed E-state index contributed by atoms with van der Waals surface area (Å²) >= 11 is 11.8. The van der Waals surface area contributed by atoms with E-state index in [9.17, 15) is 0 Å². The highest BCUT2D eigenvalue weighted by Crippen LogP contribution is 2.23. The monoisotopic (exact) mass is 269 g/mol. The maximum absolute atomic E-state index is 5.95. The molecule has 0 aliphatic carbocycles. The van der Waals surface area contributed by atoms with Gasteiger partial charge in [-0.2, -0.15) is 0 Å². The van der Waals surface area contributed by atoms with Gasteiger partial charge in [-0.25, -0.2) is 5.32 Å². The van der Waals surface area contributed by atoms with E-state index in [1.807, 2.05) is 18.2 Å². The molecule has 2 rings (SSSR count). The predicted molar refractivity (Wildman–Crippen MR) is 73.8 cm³/mol. The quantitative estimate of drug-likeness (QED) is 0.825. The number of nitrogens with zero attached hydrogens (tertiary/aromatic N) is 2. The molecule has 1 heterocycles. The summed E-state index contributed by atoms with van der Waals surface area (Å²) < 4.78 is 0. The van der Waals surface area contributed by atoms with Gasteiger partial charge in [0, 0.05) is 32.7 Å². The summed E-state index contributed by atoms with van der Waals surface area (Å²) in [6.07, 6.45) is 4.23. The highest BCUT2D eigenvalue weighted by molar-refractivity contribution is 6.42. The molecule has 0 unspecified atom stereocenters. The fourth-order valence-corrected chi connectivity index (χ4v) is 2.09. The molecule has 0 bridgehead atoms. The first kappa shape index (κ1) is 12.9. The van der Waals surface area contributed by atoms with Crippen LogP contribution in [0.25, 0.3) is 6.08 Å². The molecule has 17 heavy (non-hydrogen) atoms. The van der Waals surface area contributed by atoms with Gasteiger partial charge in [0.15, 0.2) is 0 Å². The normalized spacial score (nSPS) is 17.8. The number of halogens is 2. The van der Waals surface area contributed by atoms with Gasteiger partial charge >= 0.3 is 0 Å². The Kier molecular flexibility index (Phi) is 4.86. The minimum atomic E-state index is 0.599. The van der Waals surface area contributed by atoms with Crippen LogP contribution in [-0.4, -0.2) is 37.6 Å². The minimum absolute atomic E-state index is 0.599. The Hall–Kier alpha value is -0.540. The molecule has 1 aliphatic rings. The fraction of sp³-hybridized carbons (Fsp3) is 0.385. The molecule has 0 spiro atoms. The van der Waals surface area contributed by atoms with Gasteiger partial charge < -0.3 is 0 Å². The third-order valence-corrected chi connectivity index (χ3v) is 3.51. The van der Waals surface area contributed by atoms with Gasteiger partial charge in [-0.3, -0.25) is 4.90 Å². The molecular formula is C13H15Cl2N2. The molecule has 2 nitrogen and oxygen atoms in total. The molecule has 0 N–H and O–H groups in total. The second-order valence-corrected chi connectivity index (χ2v) is 4.86. The number of benzene rings is 1. The number of piperazine rings is 1. The molecule has 0 amide bonds. The lowest BCUT2D eigenvalue weighted by atomic mass is 10.2. The van der Waals surface area contributed by atoms with Gasteiger partial charge in [0.05, 0.1) is 10.0 Å². The van der Waals surface area contributed by atoms with Crippen molar-refractivity contribution in [2.24, 2.45) is 0 Å². The van der Waals surface area contributed by atoms with Crippen LogP contribution in [0.1, 0.15) is 5.56 Å². The molecule has 0 atom stereocenters. The Morgan fingerprint density at radius 1 is 1.18 bits per heavy atom. The van der Waals surface area contributed by atoms with Crippen molar-refractivity contribution in [3.63, 3.8) is 0 Å². The molecule has 1 fully saturated rings. The van der Waals surface area contributed by atoms with Crippen LogP contribution < -0.4 is 5.32 Å². The summed E-state index contributed by atoms with van der Waals surface area (Å²) in [5.41, 5.74) is 1.08. The molecule has 0 saturated carbocycles. The van der Waals surface area contributed by atoms with E-state index in [1.54, 1.807) is 0 Å². The fourth-order valence-electron chi connectivity index (χ4n) is 1.78. The molecule has 1 aliphatic heterocycles. The van der Waals surface area contributed by atoms with Crippen LogP contribution in [0.4, 0.5) is 0 Å². The van der Waals surface area contributed by atoms with Crippen LogP contribution in [0, 0.1) is 0 Å². The van der Waals surface area contributed by atoms with Crippen molar-refractivity contribution >= 4 is 29.3 Å². The van der Waals surface area contributed by atoms with Gasteiger partial charge in [0.1, 0.15) is 0 Å². The first-order valence-electron chi connectivity index (χ1n) is 5.73. The lowest BCUT2D eigenvalue weighted by Crippen LogP contribution is -2.40. The Morgan fingerprint density at radius 2 is 1.94 bits per heavy atom. The van der Waals surface area contributed by atoms with E-state index in [0.717, 1.165) is 38.3 Å². The van der Waals surface area contributed by atoms with Crippen molar-refractivity contribution in [1.82, 2.24) is 10.2 Å².